The monoisotopic (exact) mass is 437 g/mol. The summed E-state index contributed by atoms with van der Waals surface area (Å²) in [5.41, 5.74) is 0.770. The summed E-state index contributed by atoms with van der Waals surface area (Å²) in [7, 11) is 1.51. The molecule has 0 aliphatic rings. The second-order valence-electron chi connectivity index (χ2n) is 5.86. The molecule has 1 aromatic heterocycles. The van der Waals surface area contributed by atoms with Crippen molar-refractivity contribution in [3.63, 3.8) is 0 Å². The van der Waals surface area contributed by atoms with Gasteiger partial charge >= 0.3 is 12.1 Å². The Bertz CT molecular complexity index is 1060. The van der Waals surface area contributed by atoms with Crippen LogP contribution in [0.4, 0.5) is 42.0 Å². The minimum absolute atomic E-state index is 0.0660. The van der Waals surface area contributed by atoms with Gasteiger partial charge in [0.1, 0.15) is 11.6 Å². The van der Waals surface area contributed by atoms with Crippen LogP contribution in [0.2, 0.25) is 5.02 Å². The van der Waals surface area contributed by atoms with Crippen LogP contribution in [-0.4, -0.2) is 29.2 Å². The molecule has 0 spiro atoms. The van der Waals surface area contributed by atoms with Crippen molar-refractivity contribution in [3.05, 3.63) is 59.8 Å². The van der Waals surface area contributed by atoms with E-state index >= 15 is 0 Å². The average molecular weight is 438 g/mol. The highest BCUT2D eigenvalue weighted by atomic mass is 35.5. The second kappa shape index (κ2) is 8.87. The molecule has 1 heterocycles. The first-order chi connectivity index (χ1) is 14.3. The number of hydrogen-bond acceptors (Lipinski definition) is 6. The van der Waals surface area contributed by atoms with Crippen LogP contribution in [0, 0.1) is 0 Å². The van der Waals surface area contributed by atoms with E-state index in [1.54, 1.807) is 30.3 Å². The summed E-state index contributed by atoms with van der Waals surface area (Å²) in [6.45, 7) is 0. The van der Waals surface area contributed by atoms with Crippen LogP contribution < -0.4 is 20.7 Å². The molecule has 0 aliphatic heterocycles. The van der Waals surface area contributed by atoms with Gasteiger partial charge in [-0.1, -0.05) is 23.7 Å². The number of alkyl halides is 3. The first kappa shape index (κ1) is 21.2. The van der Waals surface area contributed by atoms with E-state index in [0.29, 0.717) is 22.3 Å². The van der Waals surface area contributed by atoms with Crippen LogP contribution in [0.5, 0.6) is 5.75 Å². The first-order valence-electron chi connectivity index (χ1n) is 8.44. The number of rotatable bonds is 6. The third kappa shape index (κ3) is 5.29. The first-order valence-corrected chi connectivity index (χ1v) is 8.82. The number of para-hydroxylation sites is 2. The fourth-order valence-corrected chi connectivity index (χ4v) is 2.65. The molecule has 7 nitrogen and oxygen atoms in total. The Morgan fingerprint density at radius 2 is 1.80 bits per heavy atom. The van der Waals surface area contributed by atoms with E-state index in [-0.39, 0.29) is 17.3 Å². The number of nitrogens with one attached hydrogen (secondary N) is 3. The number of methoxy groups -OCH3 is 1. The molecule has 3 aromatic rings. The molecule has 30 heavy (non-hydrogen) atoms. The standard InChI is InChI=1S/C19H15ClF3N5O2/c1-30-15-7-6-11(10-12(15)20)25-16-8-9-24-18(28-16)27-14-5-3-2-4-13(14)26-17(29)19(21,22)23/h2-10H,1H3,(H,26,29)(H2,24,25,27,28). The van der Waals surface area contributed by atoms with Crippen LogP contribution in [0.15, 0.2) is 54.7 Å². The lowest BCUT2D eigenvalue weighted by Crippen LogP contribution is -2.30. The molecular weight excluding hydrogens is 423 g/mol. The van der Waals surface area contributed by atoms with Crippen molar-refractivity contribution in [2.45, 2.75) is 6.18 Å². The van der Waals surface area contributed by atoms with E-state index in [4.69, 9.17) is 16.3 Å². The minimum Gasteiger partial charge on any atom is -0.495 e. The number of hydrogen-bond donors (Lipinski definition) is 3. The topological polar surface area (TPSA) is 88.2 Å². The summed E-state index contributed by atoms with van der Waals surface area (Å²) in [4.78, 5) is 19.6. The van der Waals surface area contributed by atoms with Crippen molar-refractivity contribution in [2.24, 2.45) is 0 Å². The third-order valence-corrected chi connectivity index (χ3v) is 4.05. The van der Waals surface area contributed by atoms with Gasteiger partial charge in [-0.3, -0.25) is 4.79 Å². The summed E-state index contributed by atoms with van der Waals surface area (Å²) >= 11 is 6.10. The third-order valence-electron chi connectivity index (χ3n) is 3.76. The number of anilines is 5. The molecular formula is C19H15ClF3N5O2. The van der Waals surface area contributed by atoms with E-state index in [2.05, 4.69) is 20.6 Å². The number of halogens is 4. The molecule has 3 N–H and O–H groups in total. The molecule has 11 heteroatoms. The van der Waals surface area contributed by atoms with E-state index in [0.717, 1.165) is 0 Å². The van der Waals surface area contributed by atoms with Crippen molar-refractivity contribution in [3.8, 4) is 5.75 Å². The van der Waals surface area contributed by atoms with Gasteiger partial charge in [0.15, 0.2) is 0 Å². The summed E-state index contributed by atoms with van der Waals surface area (Å²) in [5, 5.41) is 8.06. The van der Waals surface area contributed by atoms with Gasteiger partial charge in [0, 0.05) is 11.9 Å². The number of amides is 1. The second-order valence-corrected chi connectivity index (χ2v) is 6.27. The van der Waals surface area contributed by atoms with Crippen LogP contribution in [0.3, 0.4) is 0 Å². The zero-order valence-corrected chi connectivity index (χ0v) is 16.2. The van der Waals surface area contributed by atoms with Gasteiger partial charge in [-0.2, -0.15) is 18.2 Å². The summed E-state index contributed by atoms with van der Waals surface area (Å²) in [5.74, 6) is -1.05. The average Bonchev–Trinajstić information content (AvgIpc) is 2.69. The maximum Gasteiger partial charge on any atom is 0.471 e. The fourth-order valence-electron chi connectivity index (χ4n) is 2.40. The molecule has 0 radical (unpaired) electrons. The predicted octanol–water partition coefficient (Wildman–Crippen LogP) is 5.13. The van der Waals surface area contributed by atoms with Crippen molar-refractivity contribution >= 4 is 46.3 Å². The Morgan fingerprint density at radius 3 is 2.47 bits per heavy atom. The van der Waals surface area contributed by atoms with Gasteiger partial charge in [-0.25, -0.2) is 4.98 Å². The summed E-state index contributed by atoms with van der Waals surface area (Å²) < 4.78 is 42.7. The number of ether oxygens (including phenoxy) is 1. The molecule has 3 rings (SSSR count). The van der Waals surface area contributed by atoms with Gasteiger partial charge < -0.3 is 20.7 Å². The van der Waals surface area contributed by atoms with Gasteiger partial charge in [-0.05, 0) is 36.4 Å². The van der Waals surface area contributed by atoms with E-state index in [9.17, 15) is 18.0 Å². The molecule has 1 amide bonds. The Morgan fingerprint density at radius 1 is 1.07 bits per heavy atom. The molecule has 0 fully saturated rings. The summed E-state index contributed by atoms with van der Waals surface area (Å²) in [6, 6.07) is 12.6. The largest absolute Gasteiger partial charge is 0.495 e. The number of carbonyl (C=O) groups is 1. The van der Waals surface area contributed by atoms with Crippen molar-refractivity contribution < 1.29 is 22.7 Å². The van der Waals surface area contributed by atoms with Gasteiger partial charge in [0.25, 0.3) is 0 Å². The smallest absolute Gasteiger partial charge is 0.471 e. The maximum absolute atomic E-state index is 12.5. The van der Waals surface area contributed by atoms with E-state index < -0.39 is 12.1 Å². The molecule has 0 atom stereocenters. The van der Waals surface area contributed by atoms with E-state index in [1.807, 2.05) is 5.32 Å². The quantitative estimate of drug-likeness (QED) is 0.495. The molecule has 0 saturated heterocycles. The maximum atomic E-state index is 12.5. The SMILES string of the molecule is COc1ccc(Nc2ccnc(Nc3ccccc3NC(=O)C(F)(F)F)n2)cc1Cl. The fraction of sp³-hybridized carbons (Fsp3) is 0.105. The van der Waals surface area contributed by atoms with Crippen molar-refractivity contribution in [1.82, 2.24) is 9.97 Å². The Kier molecular flexibility index (Phi) is 6.26. The van der Waals surface area contributed by atoms with Crippen LogP contribution in [0.1, 0.15) is 0 Å². The molecule has 0 saturated carbocycles. The van der Waals surface area contributed by atoms with Crippen LogP contribution >= 0.6 is 11.6 Å². The Labute approximate surface area is 174 Å². The lowest BCUT2D eigenvalue weighted by Gasteiger charge is -2.14. The number of aromatic nitrogens is 2. The molecule has 0 aliphatic carbocycles. The van der Waals surface area contributed by atoms with Gasteiger partial charge in [0.2, 0.25) is 5.95 Å². The Hall–Kier alpha value is -3.53. The number of benzene rings is 2. The number of nitrogens with zero attached hydrogens (tertiary/aromatic N) is 2. The highest BCUT2D eigenvalue weighted by Gasteiger charge is 2.39. The molecule has 0 unspecified atom stereocenters. The number of carbonyl (C=O) groups excluding carboxylic acids is 1. The van der Waals surface area contributed by atoms with Crippen molar-refractivity contribution in [1.29, 1.82) is 0 Å². The van der Waals surface area contributed by atoms with E-state index in [1.165, 1.54) is 31.5 Å². The molecule has 156 valence electrons. The minimum atomic E-state index is -5.01. The molecule has 0 bridgehead atoms. The lowest BCUT2D eigenvalue weighted by molar-refractivity contribution is -0.167. The summed E-state index contributed by atoms with van der Waals surface area (Å²) in [6.07, 6.45) is -3.55. The zero-order chi connectivity index (χ0) is 21.7. The Balaban J connectivity index is 1.78. The van der Waals surface area contributed by atoms with Crippen LogP contribution in [0.25, 0.3) is 0 Å². The van der Waals surface area contributed by atoms with Gasteiger partial charge in [0.05, 0.1) is 23.5 Å². The lowest BCUT2D eigenvalue weighted by atomic mass is 10.2. The van der Waals surface area contributed by atoms with Gasteiger partial charge in [-0.15, -0.1) is 0 Å². The predicted molar refractivity (Wildman–Crippen MR) is 108 cm³/mol. The zero-order valence-electron chi connectivity index (χ0n) is 15.4. The normalized spacial score (nSPS) is 11.0. The van der Waals surface area contributed by atoms with Crippen LogP contribution in [-0.2, 0) is 4.79 Å². The molecule has 2 aromatic carbocycles. The highest BCUT2D eigenvalue weighted by Crippen LogP contribution is 2.29. The van der Waals surface area contributed by atoms with Crippen molar-refractivity contribution in [2.75, 3.05) is 23.1 Å². The highest BCUT2D eigenvalue weighted by molar-refractivity contribution is 6.32.